The number of hydrogen-bond donors (Lipinski definition) is 1. The highest BCUT2D eigenvalue weighted by Crippen LogP contribution is 2.39. The predicted molar refractivity (Wildman–Crippen MR) is 90.5 cm³/mol. The lowest BCUT2D eigenvalue weighted by molar-refractivity contribution is 0.225. The molecule has 5 nitrogen and oxygen atoms in total. The van der Waals surface area contributed by atoms with Gasteiger partial charge in [0.25, 0.3) is 0 Å². The molecule has 2 aromatic carbocycles. The molecule has 3 aromatic rings. The summed E-state index contributed by atoms with van der Waals surface area (Å²) in [6, 6.07) is 18.0. The lowest BCUT2D eigenvalue weighted by Gasteiger charge is -2.19. The highest BCUT2D eigenvalue weighted by molar-refractivity contribution is 7.98. The van der Waals surface area contributed by atoms with Crippen LogP contribution in [0.25, 0.3) is 11.3 Å². The number of ether oxygens (including phenoxy) is 1. The van der Waals surface area contributed by atoms with E-state index in [2.05, 4.69) is 20.5 Å². The second-order valence-corrected chi connectivity index (χ2v) is 5.82. The summed E-state index contributed by atoms with van der Waals surface area (Å²) in [4.78, 5) is 4.49. The average Bonchev–Trinajstić information content (AvgIpc) is 2.78. The monoisotopic (exact) mass is 322 g/mol. The van der Waals surface area contributed by atoms with Gasteiger partial charge in [0.2, 0.25) is 11.0 Å². The van der Waals surface area contributed by atoms with Crippen LogP contribution in [0.4, 0.5) is 5.69 Å². The smallest absolute Gasteiger partial charge is 0.247 e. The third-order valence-electron chi connectivity index (χ3n) is 3.62. The third-order valence-corrected chi connectivity index (χ3v) is 4.16. The highest BCUT2D eigenvalue weighted by atomic mass is 32.2. The number of hydrogen-bond acceptors (Lipinski definition) is 6. The molecular formula is C17H14N4OS. The summed E-state index contributed by atoms with van der Waals surface area (Å²) in [6.45, 7) is 0. The van der Waals surface area contributed by atoms with Crippen LogP contribution in [0, 0.1) is 0 Å². The van der Waals surface area contributed by atoms with Crippen LogP contribution in [0.5, 0.6) is 5.88 Å². The Hall–Kier alpha value is -2.60. The van der Waals surface area contributed by atoms with Crippen molar-refractivity contribution < 1.29 is 4.74 Å². The van der Waals surface area contributed by atoms with Crippen molar-refractivity contribution >= 4 is 17.4 Å². The Balaban J connectivity index is 1.87. The molecule has 23 heavy (non-hydrogen) atoms. The maximum Gasteiger partial charge on any atom is 0.247 e. The number of nitrogens with zero attached hydrogens (tertiary/aromatic N) is 3. The van der Waals surface area contributed by atoms with E-state index in [9.17, 15) is 0 Å². The van der Waals surface area contributed by atoms with Gasteiger partial charge in [0, 0.05) is 16.8 Å². The summed E-state index contributed by atoms with van der Waals surface area (Å²) >= 11 is 1.44. The normalized spacial score (nSPS) is 15.6. The van der Waals surface area contributed by atoms with E-state index >= 15 is 0 Å². The summed E-state index contributed by atoms with van der Waals surface area (Å²) in [5, 5.41) is 12.5. The maximum absolute atomic E-state index is 6.13. The Kier molecular flexibility index (Phi) is 3.59. The van der Waals surface area contributed by atoms with E-state index in [1.165, 1.54) is 11.8 Å². The van der Waals surface area contributed by atoms with Crippen molar-refractivity contribution in [2.24, 2.45) is 0 Å². The number of thioether (sulfide) groups is 1. The van der Waals surface area contributed by atoms with Gasteiger partial charge in [-0.1, -0.05) is 60.3 Å². The van der Waals surface area contributed by atoms with Crippen LogP contribution >= 0.6 is 11.8 Å². The van der Waals surface area contributed by atoms with Crippen LogP contribution in [0.2, 0.25) is 0 Å². The molecule has 0 aliphatic carbocycles. The summed E-state index contributed by atoms with van der Waals surface area (Å²) in [7, 11) is 0. The van der Waals surface area contributed by atoms with E-state index < -0.39 is 0 Å². The number of benzene rings is 2. The van der Waals surface area contributed by atoms with Gasteiger partial charge in [0.15, 0.2) is 11.9 Å². The van der Waals surface area contributed by atoms with Crippen LogP contribution in [0.1, 0.15) is 11.8 Å². The molecule has 0 spiro atoms. The molecule has 1 aromatic heterocycles. The number of rotatable bonds is 2. The predicted octanol–water partition coefficient (Wildman–Crippen LogP) is 3.76. The summed E-state index contributed by atoms with van der Waals surface area (Å²) in [5.41, 5.74) is 3.57. The summed E-state index contributed by atoms with van der Waals surface area (Å²) in [6.07, 6.45) is 1.59. The number of anilines is 1. The standard InChI is InChI=1S/C17H14N4OS/c1-23-17-19-16-14(20-21-17)12-9-5-6-10-13(12)18-15(22-16)11-7-3-2-4-8-11/h2-10,15,18H,1H3/t15-/m1/s1. The molecule has 114 valence electrons. The molecule has 0 amide bonds. The fourth-order valence-corrected chi connectivity index (χ4v) is 2.81. The SMILES string of the molecule is CSc1nnc2c(n1)O[C@H](c1ccccc1)Nc1ccccc1-2. The molecule has 2 heterocycles. The van der Waals surface area contributed by atoms with Crippen molar-refractivity contribution in [2.75, 3.05) is 11.6 Å². The molecule has 0 fully saturated rings. The number of nitrogens with one attached hydrogen (secondary N) is 1. The molecule has 4 rings (SSSR count). The third kappa shape index (κ3) is 2.61. The van der Waals surface area contributed by atoms with Gasteiger partial charge in [-0.15, -0.1) is 10.2 Å². The molecule has 0 radical (unpaired) electrons. The van der Waals surface area contributed by atoms with Crippen molar-refractivity contribution in [1.82, 2.24) is 15.2 Å². The van der Waals surface area contributed by atoms with Crippen LogP contribution in [-0.4, -0.2) is 21.4 Å². The fraction of sp³-hybridized carbons (Fsp3) is 0.118. The molecule has 1 atom stereocenters. The van der Waals surface area contributed by atoms with Gasteiger partial charge in [-0.25, -0.2) is 0 Å². The van der Waals surface area contributed by atoms with Crippen molar-refractivity contribution in [3.05, 3.63) is 60.2 Å². The van der Waals surface area contributed by atoms with E-state index in [1.54, 1.807) is 0 Å². The first kappa shape index (κ1) is 14.0. The second-order valence-electron chi connectivity index (χ2n) is 5.05. The van der Waals surface area contributed by atoms with Crippen LogP contribution in [-0.2, 0) is 0 Å². The Morgan fingerprint density at radius 1 is 1.00 bits per heavy atom. The fourth-order valence-electron chi connectivity index (χ4n) is 2.51. The first-order valence-corrected chi connectivity index (χ1v) is 8.44. The number of para-hydroxylation sites is 1. The lowest BCUT2D eigenvalue weighted by Crippen LogP contribution is -2.17. The highest BCUT2D eigenvalue weighted by Gasteiger charge is 2.25. The van der Waals surface area contributed by atoms with E-state index in [0.29, 0.717) is 16.7 Å². The minimum Gasteiger partial charge on any atom is -0.448 e. The molecule has 0 bridgehead atoms. The van der Waals surface area contributed by atoms with Gasteiger partial charge in [0.05, 0.1) is 0 Å². The maximum atomic E-state index is 6.13. The number of aromatic nitrogens is 3. The lowest BCUT2D eigenvalue weighted by atomic mass is 10.1. The van der Waals surface area contributed by atoms with Gasteiger partial charge >= 0.3 is 0 Å². The molecule has 0 saturated carbocycles. The Labute approximate surface area is 138 Å². The van der Waals surface area contributed by atoms with Crippen molar-refractivity contribution in [1.29, 1.82) is 0 Å². The zero-order valence-corrected chi connectivity index (χ0v) is 13.2. The Bertz CT molecular complexity index is 841. The topological polar surface area (TPSA) is 59.9 Å². The van der Waals surface area contributed by atoms with Crippen LogP contribution in [0.15, 0.2) is 59.8 Å². The molecule has 0 saturated heterocycles. The molecular weight excluding hydrogens is 308 g/mol. The minimum atomic E-state index is -0.329. The Morgan fingerprint density at radius 2 is 1.78 bits per heavy atom. The molecule has 1 N–H and O–H groups in total. The largest absolute Gasteiger partial charge is 0.448 e. The van der Waals surface area contributed by atoms with Crippen LogP contribution < -0.4 is 10.1 Å². The zero-order chi connectivity index (χ0) is 15.6. The van der Waals surface area contributed by atoms with Gasteiger partial charge < -0.3 is 10.1 Å². The number of fused-ring (bicyclic) bond motifs is 3. The average molecular weight is 322 g/mol. The van der Waals surface area contributed by atoms with Gasteiger partial charge in [-0.05, 0) is 12.3 Å². The minimum absolute atomic E-state index is 0.329. The van der Waals surface area contributed by atoms with E-state index in [-0.39, 0.29) is 6.23 Å². The van der Waals surface area contributed by atoms with Crippen molar-refractivity contribution in [3.8, 4) is 17.1 Å². The molecule has 1 aliphatic rings. The van der Waals surface area contributed by atoms with Crippen molar-refractivity contribution in [2.45, 2.75) is 11.4 Å². The van der Waals surface area contributed by atoms with Gasteiger partial charge in [-0.2, -0.15) is 4.98 Å². The Morgan fingerprint density at radius 3 is 2.61 bits per heavy atom. The quantitative estimate of drug-likeness (QED) is 0.725. The zero-order valence-electron chi connectivity index (χ0n) is 12.4. The van der Waals surface area contributed by atoms with Crippen LogP contribution in [0.3, 0.4) is 0 Å². The van der Waals surface area contributed by atoms with Crippen molar-refractivity contribution in [3.63, 3.8) is 0 Å². The van der Waals surface area contributed by atoms with E-state index in [1.807, 2.05) is 60.9 Å². The first-order chi connectivity index (χ1) is 11.3. The molecule has 6 heteroatoms. The molecule has 0 unspecified atom stereocenters. The summed E-state index contributed by atoms with van der Waals surface area (Å²) < 4.78 is 6.13. The van der Waals surface area contributed by atoms with E-state index in [0.717, 1.165) is 16.8 Å². The summed E-state index contributed by atoms with van der Waals surface area (Å²) in [5.74, 6) is 0.496. The van der Waals surface area contributed by atoms with Gasteiger partial charge in [-0.3, -0.25) is 0 Å². The second kappa shape index (κ2) is 5.89. The first-order valence-electron chi connectivity index (χ1n) is 7.21. The van der Waals surface area contributed by atoms with E-state index in [4.69, 9.17) is 4.74 Å². The molecule has 1 aliphatic heterocycles. The van der Waals surface area contributed by atoms with Gasteiger partial charge in [0.1, 0.15) is 0 Å².